The maximum absolute atomic E-state index is 11.8. The minimum absolute atomic E-state index is 0.0214. The maximum atomic E-state index is 11.8. The van der Waals surface area contributed by atoms with E-state index >= 15 is 0 Å². The number of urea groups is 1. The average Bonchev–Trinajstić information content (AvgIpc) is 2.88. The van der Waals surface area contributed by atoms with Crippen molar-refractivity contribution in [3.05, 3.63) is 22.4 Å². The molecule has 0 aromatic carbocycles. The summed E-state index contributed by atoms with van der Waals surface area (Å²) in [6, 6.07) is 3.69. The van der Waals surface area contributed by atoms with Crippen LogP contribution in [0, 0.1) is 11.8 Å². The molecule has 3 N–H and O–H groups in total. The first-order valence-corrected chi connectivity index (χ1v) is 7.60. The molecule has 112 valence electrons. The Morgan fingerprint density at radius 2 is 2.05 bits per heavy atom. The fourth-order valence-corrected chi connectivity index (χ4v) is 2.70. The lowest BCUT2D eigenvalue weighted by Crippen LogP contribution is -2.40. The number of carbonyl (C=O) groups is 2. The lowest BCUT2D eigenvalue weighted by Gasteiger charge is -2.21. The third-order valence-corrected chi connectivity index (χ3v) is 4.04. The van der Waals surface area contributed by atoms with Crippen molar-refractivity contribution in [2.24, 2.45) is 11.8 Å². The second-order valence-electron chi connectivity index (χ2n) is 5.17. The number of thiophene rings is 1. The molecule has 20 heavy (non-hydrogen) atoms. The molecule has 0 saturated heterocycles. The predicted octanol–water partition coefficient (Wildman–Crippen LogP) is 2.86. The van der Waals surface area contributed by atoms with Crippen LogP contribution in [0.15, 0.2) is 17.5 Å². The summed E-state index contributed by atoms with van der Waals surface area (Å²) >= 11 is 1.61. The molecular formula is C14H22N2O3S. The van der Waals surface area contributed by atoms with Crippen molar-refractivity contribution < 1.29 is 14.7 Å². The molecule has 6 heteroatoms. The van der Waals surface area contributed by atoms with Crippen molar-refractivity contribution in [2.75, 3.05) is 6.54 Å². The van der Waals surface area contributed by atoms with Gasteiger partial charge in [0.05, 0.1) is 12.0 Å². The van der Waals surface area contributed by atoms with Crippen LogP contribution in [0.3, 0.4) is 0 Å². The summed E-state index contributed by atoms with van der Waals surface area (Å²) < 4.78 is 0. The van der Waals surface area contributed by atoms with Crippen molar-refractivity contribution >= 4 is 23.3 Å². The van der Waals surface area contributed by atoms with Crippen LogP contribution in [-0.2, 0) is 4.79 Å². The third-order valence-electron chi connectivity index (χ3n) is 3.09. The van der Waals surface area contributed by atoms with Gasteiger partial charge in [0.15, 0.2) is 0 Å². The Kier molecular flexibility index (Phi) is 6.51. The molecule has 0 fully saturated rings. The van der Waals surface area contributed by atoms with E-state index in [4.69, 9.17) is 5.11 Å². The molecule has 0 radical (unpaired) electrons. The first-order valence-electron chi connectivity index (χ1n) is 6.72. The number of hydrogen-bond donors (Lipinski definition) is 3. The predicted molar refractivity (Wildman–Crippen MR) is 79.8 cm³/mol. The minimum Gasteiger partial charge on any atom is -0.481 e. The van der Waals surface area contributed by atoms with Gasteiger partial charge in [-0.3, -0.25) is 4.79 Å². The molecule has 1 aromatic heterocycles. The topological polar surface area (TPSA) is 78.4 Å². The summed E-state index contributed by atoms with van der Waals surface area (Å²) in [5, 5.41) is 16.4. The molecule has 0 spiro atoms. The van der Waals surface area contributed by atoms with Crippen molar-refractivity contribution in [1.29, 1.82) is 0 Å². The van der Waals surface area contributed by atoms with Crippen LogP contribution < -0.4 is 10.6 Å². The van der Waals surface area contributed by atoms with E-state index in [2.05, 4.69) is 24.5 Å². The number of rotatable bonds is 7. The fourth-order valence-electron chi connectivity index (χ4n) is 1.75. The van der Waals surface area contributed by atoms with Crippen molar-refractivity contribution in [3.63, 3.8) is 0 Å². The number of carboxylic acid groups (broad SMARTS) is 1. The lowest BCUT2D eigenvalue weighted by molar-refractivity contribution is -0.141. The van der Waals surface area contributed by atoms with Gasteiger partial charge in [0, 0.05) is 11.4 Å². The first kappa shape index (κ1) is 16.5. The van der Waals surface area contributed by atoms with E-state index in [1.807, 2.05) is 17.5 Å². The van der Waals surface area contributed by atoms with Gasteiger partial charge in [-0.25, -0.2) is 4.79 Å². The van der Waals surface area contributed by atoms with Crippen molar-refractivity contribution in [3.8, 4) is 0 Å². The molecular weight excluding hydrogens is 276 g/mol. The van der Waals surface area contributed by atoms with Crippen LogP contribution in [0.5, 0.6) is 0 Å². The Morgan fingerprint density at radius 1 is 1.35 bits per heavy atom. The van der Waals surface area contributed by atoms with E-state index in [0.29, 0.717) is 13.0 Å². The van der Waals surface area contributed by atoms with Crippen molar-refractivity contribution in [2.45, 2.75) is 33.2 Å². The van der Waals surface area contributed by atoms with Gasteiger partial charge in [-0.1, -0.05) is 26.8 Å². The van der Waals surface area contributed by atoms with Gasteiger partial charge in [-0.2, -0.15) is 0 Å². The van der Waals surface area contributed by atoms with E-state index < -0.39 is 11.9 Å². The summed E-state index contributed by atoms with van der Waals surface area (Å²) in [6.07, 6.45) is 0.425. The second kappa shape index (κ2) is 7.89. The quantitative estimate of drug-likeness (QED) is 0.724. The summed E-state index contributed by atoms with van der Waals surface area (Å²) in [7, 11) is 0. The monoisotopic (exact) mass is 298 g/mol. The second-order valence-corrected chi connectivity index (χ2v) is 6.14. The number of aliphatic carboxylic acids is 1. The number of amides is 2. The molecule has 0 saturated carbocycles. The molecule has 2 amide bonds. The highest BCUT2D eigenvalue weighted by molar-refractivity contribution is 7.10. The van der Waals surface area contributed by atoms with Gasteiger partial charge in [-0.05, 0) is 23.8 Å². The molecule has 1 aromatic rings. The molecule has 2 atom stereocenters. The Morgan fingerprint density at radius 3 is 2.55 bits per heavy atom. The van der Waals surface area contributed by atoms with E-state index in [-0.39, 0.29) is 18.0 Å². The van der Waals surface area contributed by atoms with Gasteiger partial charge in [0.25, 0.3) is 0 Å². The molecule has 1 rings (SSSR count). The minimum atomic E-state index is -0.842. The lowest BCUT2D eigenvalue weighted by atomic mass is 10.0. The van der Waals surface area contributed by atoms with Crippen molar-refractivity contribution in [1.82, 2.24) is 10.6 Å². The smallest absolute Gasteiger partial charge is 0.315 e. The van der Waals surface area contributed by atoms with E-state index in [0.717, 1.165) is 4.88 Å². The zero-order valence-electron chi connectivity index (χ0n) is 12.1. The van der Waals surface area contributed by atoms with Gasteiger partial charge in [0.1, 0.15) is 0 Å². The summed E-state index contributed by atoms with van der Waals surface area (Å²) in [5.74, 6) is -1.00. The van der Waals surface area contributed by atoms with Crippen LogP contribution in [0.25, 0.3) is 0 Å². The highest BCUT2D eigenvalue weighted by Crippen LogP contribution is 2.25. The zero-order valence-corrected chi connectivity index (χ0v) is 12.9. The summed E-state index contributed by atoms with van der Waals surface area (Å²) in [5.41, 5.74) is 0. The van der Waals surface area contributed by atoms with Crippen LogP contribution in [0.2, 0.25) is 0 Å². The maximum Gasteiger partial charge on any atom is 0.315 e. The van der Waals surface area contributed by atoms with Crippen LogP contribution in [0.4, 0.5) is 4.79 Å². The molecule has 2 unspecified atom stereocenters. The van der Waals surface area contributed by atoms with Crippen LogP contribution in [-0.4, -0.2) is 23.7 Å². The summed E-state index contributed by atoms with van der Waals surface area (Å²) in [4.78, 5) is 23.6. The van der Waals surface area contributed by atoms with Crippen LogP contribution in [0.1, 0.15) is 38.1 Å². The van der Waals surface area contributed by atoms with Gasteiger partial charge in [-0.15, -0.1) is 11.3 Å². The van der Waals surface area contributed by atoms with Gasteiger partial charge in [0.2, 0.25) is 0 Å². The Bertz CT molecular complexity index is 432. The van der Waals surface area contributed by atoms with E-state index in [1.165, 1.54) is 0 Å². The first-order chi connectivity index (χ1) is 9.41. The van der Waals surface area contributed by atoms with Gasteiger partial charge >= 0.3 is 12.0 Å². The molecule has 0 aliphatic rings. The molecule has 0 aliphatic carbocycles. The Balaban J connectivity index is 2.42. The number of carbonyl (C=O) groups excluding carboxylic acids is 1. The standard InChI is InChI=1S/C14H22N2O3S/c1-9(2)12(11-5-4-8-20-11)16-14(19)15-7-6-10(3)13(17)18/h4-5,8-10,12H,6-7H2,1-3H3,(H,17,18)(H2,15,16,19). The normalized spacial score (nSPS) is 13.8. The highest BCUT2D eigenvalue weighted by Gasteiger charge is 2.19. The Labute approximate surface area is 123 Å². The molecule has 0 bridgehead atoms. The van der Waals surface area contributed by atoms with Crippen LogP contribution >= 0.6 is 11.3 Å². The average molecular weight is 298 g/mol. The number of carboxylic acids is 1. The SMILES string of the molecule is CC(CCNC(=O)NC(c1cccs1)C(C)C)C(=O)O. The fraction of sp³-hybridized carbons (Fsp3) is 0.571. The Hall–Kier alpha value is -1.56. The zero-order chi connectivity index (χ0) is 15.1. The van der Waals surface area contributed by atoms with E-state index in [9.17, 15) is 9.59 Å². The molecule has 1 heterocycles. The van der Waals surface area contributed by atoms with Gasteiger partial charge < -0.3 is 15.7 Å². The highest BCUT2D eigenvalue weighted by atomic mass is 32.1. The largest absolute Gasteiger partial charge is 0.481 e. The number of nitrogens with one attached hydrogen (secondary N) is 2. The molecule has 0 aliphatic heterocycles. The molecule has 5 nitrogen and oxygen atoms in total. The summed E-state index contributed by atoms with van der Waals surface area (Å²) in [6.45, 7) is 6.09. The van der Waals surface area contributed by atoms with E-state index in [1.54, 1.807) is 18.3 Å². The number of hydrogen-bond acceptors (Lipinski definition) is 3. The third kappa shape index (κ3) is 5.21.